The van der Waals surface area contributed by atoms with Gasteiger partial charge >= 0.3 is 0 Å². The Labute approximate surface area is 138 Å². The van der Waals surface area contributed by atoms with Crippen molar-refractivity contribution in [2.75, 3.05) is 33.3 Å². The molecule has 0 radical (unpaired) electrons. The average Bonchev–Trinajstić information content (AvgIpc) is 2.99. The molecule has 0 saturated carbocycles. The highest BCUT2D eigenvalue weighted by atomic mass is 35.5. The fourth-order valence-corrected chi connectivity index (χ4v) is 5.26. The summed E-state index contributed by atoms with van der Waals surface area (Å²) in [6, 6.07) is 3.43. The van der Waals surface area contributed by atoms with Gasteiger partial charge in [-0.3, -0.25) is 0 Å². The number of sulfonamides is 1. The lowest BCUT2D eigenvalue weighted by Crippen LogP contribution is -2.32. The fraction of sp³-hybridized carbons (Fsp3) is 0.600. The highest BCUT2D eigenvalue weighted by Crippen LogP contribution is 2.33. The van der Waals surface area contributed by atoms with Gasteiger partial charge in [-0.15, -0.1) is 12.4 Å². The molecule has 2 aliphatic rings. The predicted octanol–water partition coefficient (Wildman–Crippen LogP) is 1.57. The second-order valence-corrected chi connectivity index (χ2v) is 8.03. The molecule has 1 aromatic carbocycles. The monoisotopic (exact) mass is 346 g/mol. The predicted molar refractivity (Wildman–Crippen MR) is 88.3 cm³/mol. The van der Waals surface area contributed by atoms with Crippen LogP contribution in [0.3, 0.4) is 0 Å². The standard InChI is InChI=1S/C15H22N2O3S.ClH/c1-10-4-14(5-11(2)15(10)20-3)21(18,19)17-8-12-6-16-7-13(12)9-17;/h4-5,12-13,16H,6-9H2,1-3H3;1H/t12-,13+;. The van der Waals surface area contributed by atoms with Gasteiger partial charge in [0.25, 0.3) is 0 Å². The summed E-state index contributed by atoms with van der Waals surface area (Å²) in [7, 11) is -1.79. The summed E-state index contributed by atoms with van der Waals surface area (Å²) in [6.07, 6.45) is 0. The van der Waals surface area contributed by atoms with E-state index in [-0.39, 0.29) is 12.4 Å². The summed E-state index contributed by atoms with van der Waals surface area (Å²) in [5.74, 6) is 1.68. The highest BCUT2D eigenvalue weighted by molar-refractivity contribution is 7.89. The van der Waals surface area contributed by atoms with Gasteiger partial charge in [0, 0.05) is 13.1 Å². The number of ether oxygens (including phenoxy) is 1. The molecule has 2 atom stereocenters. The molecule has 3 rings (SSSR count). The van der Waals surface area contributed by atoms with E-state index in [0.29, 0.717) is 29.8 Å². The third kappa shape index (κ3) is 2.85. The smallest absolute Gasteiger partial charge is 0.243 e. The Balaban J connectivity index is 0.00000176. The van der Waals surface area contributed by atoms with Crippen LogP contribution in [0.4, 0.5) is 0 Å². The van der Waals surface area contributed by atoms with Crippen LogP contribution in [-0.4, -0.2) is 46.0 Å². The van der Waals surface area contributed by atoms with E-state index in [2.05, 4.69) is 5.32 Å². The molecule has 124 valence electrons. The molecular formula is C15H23ClN2O3S. The molecule has 2 heterocycles. The van der Waals surface area contributed by atoms with Gasteiger partial charge in [-0.1, -0.05) is 0 Å². The third-order valence-corrected chi connectivity index (χ3v) is 6.44. The largest absolute Gasteiger partial charge is 0.496 e. The Hall–Kier alpha value is -0.820. The Morgan fingerprint density at radius 2 is 1.64 bits per heavy atom. The summed E-state index contributed by atoms with van der Waals surface area (Å²) in [5.41, 5.74) is 1.72. The van der Waals surface area contributed by atoms with Crippen LogP contribution in [-0.2, 0) is 10.0 Å². The number of benzene rings is 1. The number of nitrogens with zero attached hydrogens (tertiary/aromatic N) is 1. The van der Waals surface area contributed by atoms with Crippen LogP contribution in [0.5, 0.6) is 5.75 Å². The number of nitrogens with one attached hydrogen (secondary N) is 1. The van der Waals surface area contributed by atoms with Crippen molar-refractivity contribution < 1.29 is 13.2 Å². The average molecular weight is 347 g/mol. The van der Waals surface area contributed by atoms with Crippen LogP contribution in [0, 0.1) is 25.7 Å². The van der Waals surface area contributed by atoms with Gasteiger partial charge in [0.05, 0.1) is 12.0 Å². The highest BCUT2D eigenvalue weighted by Gasteiger charge is 2.41. The van der Waals surface area contributed by atoms with Crippen molar-refractivity contribution in [3.8, 4) is 5.75 Å². The topological polar surface area (TPSA) is 58.6 Å². The normalized spacial score (nSPS) is 24.9. The molecule has 2 aliphatic heterocycles. The van der Waals surface area contributed by atoms with Crippen LogP contribution in [0.15, 0.2) is 17.0 Å². The van der Waals surface area contributed by atoms with E-state index in [1.807, 2.05) is 13.8 Å². The van der Waals surface area contributed by atoms with Gasteiger partial charge in [0.1, 0.15) is 5.75 Å². The molecule has 5 nitrogen and oxygen atoms in total. The van der Waals surface area contributed by atoms with E-state index < -0.39 is 10.0 Å². The molecule has 0 aromatic heterocycles. The minimum absolute atomic E-state index is 0. The van der Waals surface area contributed by atoms with Crippen LogP contribution in [0.2, 0.25) is 0 Å². The quantitative estimate of drug-likeness (QED) is 0.902. The second kappa shape index (κ2) is 6.35. The van der Waals surface area contributed by atoms with E-state index in [9.17, 15) is 8.42 Å². The van der Waals surface area contributed by atoms with Crippen molar-refractivity contribution in [1.82, 2.24) is 9.62 Å². The first-order chi connectivity index (χ1) is 9.93. The van der Waals surface area contributed by atoms with Crippen LogP contribution >= 0.6 is 12.4 Å². The molecule has 2 saturated heterocycles. The molecule has 0 aliphatic carbocycles. The lowest BCUT2D eigenvalue weighted by atomic mass is 10.0. The zero-order valence-corrected chi connectivity index (χ0v) is 14.8. The molecule has 7 heteroatoms. The Morgan fingerprint density at radius 3 is 2.09 bits per heavy atom. The lowest BCUT2D eigenvalue weighted by Gasteiger charge is -2.19. The first-order valence-electron chi connectivity index (χ1n) is 7.29. The van der Waals surface area contributed by atoms with Gasteiger partial charge in [-0.25, -0.2) is 8.42 Å². The SMILES string of the molecule is COc1c(C)cc(S(=O)(=O)N2C[C@H]3CNC[C@H]3C2)cc1C.Cl. The van der Waals surface area contributed by atoms with Crippen molar-refractivity contribution >= 4 is 22.4 Å². The molecular weight excluding hydrogens is 324 g/mol. The molecule has 0 bridgehead atoms. The van der Waals surface area contributed by atoms with Gasteiger partial charge in [-0.2, -0.15) is 4.31 Å². The number of hydrogen-bond donors (Lipinski definition) is 1. The molecule has 1 N–H and O–H groups in total. The van der Waals surface area contributed by atoms with Crippen molar-refractivity contribution in [2.24, 2.45) is 11.8 Å². The second-order valence-electron chi connectivity index (χ2n) is 6.09. The minimum Gasteiger partial charge on any atom is -0.496 e. The lowest BCUT2D eigenvalue weighted by molar-refractivity contribution is 0.407. The Morgan fingerprint density at radius 1 is 1.14 bits per heavy atom. The van der Waals surface area contributed by atoms with E-state index in [0.717, 1.165) is 30.0 Å². The number of halogens is 1. The molecule has 0 spiro atoms. The van der Waals surface area contributed by atoms with E-state index in [1.54, 1.807) is 23.5 Å². The first kappa shape index (κ1) is 17.5. The van der Waals surface area contributed by atoms with E-state index in [4.69, 9.17) is 4.74 Å². The maximum Gasteiger partial charge on any atom is 0.243 e. The van der Waals surface area contributed by atoms with E-state index >= 15 is 0 Å². The molecule has 22 heavy (non-hydrogen) atoms. The van der Waals surface area contributed by atoms with Crippen molar-refractivity contribution in [2.45, 2.75) is 18.7 Å². The third-order valence-electron chi connectivity index (χ3n) is 4.63. The maximum atomic E-state index is 12.8. The molecule has 2 fully saturated rings. The van der Waals surface area contributed by atoms with Crippen molar-refractivity contribution in [3.63, 3.8) is 0 Å². The van der Waals surface area contributed by atoms with Crippen molar-refractivity contribution in [1.29, 1.82) is 0 Å². The summed E-state index contributed by atoms with van der Waals surface area (Å²) in [5, 5.41) is 3.33. The zero-order valence-electron chi connectivity index (χ0n) is 13.1. The van der Waals surface area contributed by atoms with Gasteiger partial charge in [-0.05, 0) is 62.0 Å². The van der Waals surface area contributed by atoms with Crippen LogP contribution < -0.4 is 10.1 Å². The Bertz CT molecular complexity index is 628. The van der Waals surface area contributed by atoms with Gasteiger partial charge < -0.3 is 10.1 Å². The van der Waals surface area contributed by atoms with Gasteiger partial charge in [0.2, 0.25) is 10.0 Å². The fourth-order valence-electron chi connectivity index (χ4n) is 3.54. The van der Waals surface area contributed by atoms with E-state index in [1.165, 1.54) is 0 Å². The first-order valence-corrected chi connectivity index (χ1v) is 8.73. The number of rotatable bonds is 3. The van der Waals surface area contributed by atoms with Crippen molar-refractivity contribution in [3.05, 3.63) is 23.3 Å². The van der Waals surface area contributed by atoms with Crippen LogP contribution in [0.1, 0.15) is 11.1 Å². The summed E-state index contributed by atoms with van der Waals surface area (Å²) >= 11 is 0. The molecule has 1 aromatic rings. The summed E-state index contributed by atoms with van der Waals surface area (Å²) < 4.78 is 32.6. The summed E-state index contributed by atoms with van der Waals surface area (Å²) in [6.45, 7) is 6.88. The number of fused-ring (bicyclic) bond motifs is 1. The number of methoxy groups -OCH3 is 1. The zero-order chi connectivity index (χ0) is 15.2. The summed E-state index contributed by atoms with van der Waals surface area (Å²) in [4.78, 5) is 0.381. The molecule has 0 amide bonds. The van der Waals surface area contributed by atoms with Gasteiger partial charge in [0.15, 0.2) is 0 Å². The number of aryl methyl sites for hydroxylation is 2. The number of hydrogen-bond acceptors (Lipinski definition) is 4. The molecule has 0 unspecified atom stereocenters. The maximum absolute atomic E-state index is 12.8. The Kier molecular flexibility index (Phi) is 5.06. The van der Waals surface area contributed by atoms with Crippen LogP contribution in [0.25, 0.3) is 0 Å². The minimum atomic E-state index is -3.40.